The van der Waals surface area contributed by atoms with Gasteiger partial charge < -0.3 is 9.47 Å². The van der Waals surface area contributed by atoms with E-state index in [0.29, 0.717) is 23.7 Å². The van der Waals surface area contributed by atoms with Crippen molar-refractivity contribution in [3.05, 3.63) is 53.6 Å². The number of nitrogens with zero attached hydrogens (tertiary/aromatic N) is 1. The third kappa shape index (κ3) is 6.40. The van der Waals surface area contributed by atoms with Gasteiger partial charge in [0.1, 0.15) is 0 Å². The molecular weight excluding hydrogens is 362 g/mol. The smallest absolute Gasteiger partial charge is 0.282 e. The summed E-state index contributed by atoms with van der Waals surface area (Å²) in [6, 6.07) is 11.9. The van der Waals surface area contributed by atoms with E-state index in [1.54, 1.807) is 49.6 Å². The van der Waals surface area contributed by atoms with Crippen LogP contribution in [0.25, 0.3) is 0 Å². The monoisotopic (exact) mass is 389 g/mol. The minimum atomic E-state index is -3.73. The molecule has 0 N–H and O–H groups in total. The average Bonchev–Trinajstić information content (AvgIpc) is 2.67. The molecule has 0 atom stereocenters. The number of rotatable bonds is 10. The zero-order valence-electron chi connectivity index (χ0n) is 16.1. The van der Waals surface area contributed by atoms with Crippen LogP contribution in [0.2, 0.25) is 0 Å². The lowest BCUT2D eigenvalue weighted by molar-refractivity contribution is 0.285. The van der Waals surface area contributed by atoms with Gasteiger partial charge in [-0.2, -0.15) is 12.8 Å². The highest BCUT2D eigenvalue weighted by atomic mass is 32.2. The van der Waals surface area contributed by atoms with Crippen molar-refractivity contribution in [1.29, 1.82) is 0 Å². The van der Waals surface area contributed by atoms with Gasteiger partial charge in [0.15, 0.2) is 11.5 Å². The Kier molecular flexibility index (Phi) is 7.85. The molecule has 0 spiro atoms. The predicted molar refractivity (Wildman–Crippen MR) is 109 cm³/mol. The molecule has 0 unspecified atom stereocenters. The molecule has 0 aliphatic heterocycles. The molecule has 0 bridgehead atoms. The van der Waals surface area contributed by atoms with Crippen LogP contribution in [-0.2, 0) is 10.0 Å². The third-order valence-electron chi connectivity index (χ3n) is 4.10. The zero-order valence-corrected chi connectivity index (χ0v) is 17.0. The second kappa shape index (κ2) is 10.1. The van der Waals surface area contributed by atoms with Crippen molar-refractivity contribution in [3.63, 3.8) is 0 Å². The Bertz CT molecular complexity index is 858. The molecule has 0 fully saturated rings. The van der Waals surface area contributed by atoms with Crippen LogP contribution in [0.4, 0.5) is 0 Å². The van der Waals surface area contributed by atoms with Crippen LogP contribution in [-0.4, -0.2) is 28.3 Å². The first-order chi connectivity index (χ1) is 13.0. The molecule has 0 saturated carbocycles. The Morgan fingerprint density at radius 1 is 1.00 bits per heavy atom. The van der Waals surface area contributed by atoms with Crippen molar-refractivity contribution in [2.24, 2.45) is 4.40 Å². The quantitative estimate of drug-likeness (QED) is 0.434. The molecule has 5 nitrogen and oxygen atoms in total. The Labute approximate surface area is 162 Å². The number of ether oxygens (including phenoxy) is 2. The van der Waals surface area contributed by atoms with Crippen molar-refractivity contribution in [2.45, 2.75) is 44.4 Å². The van der Waals surface area contributed by atoms with E-state index in [-0.39, 0.29) is 4.90 Å². The highest BCUT2D eigenvalue weighted by Crippen LogP contribution is 2.28. The summed E-state index contributed by atoms with van der Waals surface area (Å²) in [5, 5.41) is 0. The van der Waals surface area contributed by atoms with Gasteiger partial charge >= 0.3 is 0 Å². The number of sulfonamides is 1. The Morgan fingerprint density at radius 2 is 1.74 bits per heavy atom. The highest BCUT2D eigenvalue weighted by Gasteiger charge is 2.11. The van der Waals surface area contributed by atoms with Crippen molar-refractivity contribution in [2.75, 3.05) is 13.7 Å². The number of hydrogen-bond donors (Lipinski definition) is 0. The number of aryl methyl sites for hydroxylation is 1. The maximum absolute atomic E-state index is 12.3. The number of methoxy groups -OCH3 is 1. The fraction of sp³-hybridized carbons (Fsp3) is 0.381. The average molecular weight is 390 g/mol. The lowest BCUT2D eigenvalue weighted by Gasteiger charge is -2.11. The van der Waals surface area contributed by atoms with E-state index in [0.717, 1.165) is 18.4 Å². The molecule has 2 aromatic rings. The predicted octanol–water partition coefficient (Wildman–Crippen LogP) is 4.77. The van der Waals surface area contributed by atoms with Crippen LogP contribution >= 0.6 is 0 Å². The summed E-state index contributed by atoms with van der Waals surface area (Å²) >= 11 is 0. The van der Waals surface area contributed by atoms with Crippen LogP contribution in [0.5, 0.6) is 11.5 Å². The molecule has 0 aliphatic carbocycles. The summed E-state index contributed by atoms with van der Waals surface area (Å²) in [7, 11) is -2.17. The standard InChI is InChI=1S/C21H27NO4S/c1-4-5-6-7-14-26-20-13-10-18(15-21(20)25-3)16-22-27(23,24)19-11-8-17(2)9-12-19/h8-13,15-16H,4-7,14H2,1-3H3/b22-16-. The van der Waals surface area contributed by atoms with E-state index >= 15 is 0 Å². The van der Waals surface area contributed by atoms with E-state index in [9.17, 15) is 8.42 Å². The normalized spacial score (nSPS) is 11.7. The first-order valence-corrected chi connectivity index (χ1v) is 10.6. The topological polar surface area (TPSA) is 65.0 Å². The van der Waals surface area contributed by atoms with E-state index in [1.165, 1.54) is 19.1 Å². The Balaban J connectivity index is 2.08. The summed E-state index contributed by atoms with van der Waals surface area (Å²) in [5.41, 5.74) is 1.62. The third-order valence-corrected chi connectivity index (χ3v) is 5.35. The SMILES string of the molecule is CCCCCCOc1ccc(/C=N\S(=O)(=O)c2ccc(C)cc2)cc1OC. The molecule has 0 aromatic heterocycles. The summed E-state index contributed by atoms with van der Waals surface area (Å²) in [5.74, 6) is 1.20. The first kappa shape index (κ1) is 21.0. The second-order valence-electron chi connectivity index (χ2n) is 6.34. The van der Waals surface area contributed by atoms with Crippen LogP contribution in [0.1, 0.15) is 43.7 Å². The van der Waals surface area contributed by atoms with Gasteiger partial charge in [-0.1, -0.05) is 43.9 Å². The molecule has 27 heavy (non-hydrogen) atoms. The lowest BCUT2D eigenvalue weighted by atomic mass is 10.2. The summed E-state index contributed by atoms with van der Waals surface area (Å²) < 4.78 is 39.5. The summed E-state index contributed by atoms with van der Waals surface area (Å²) in [6.45, 7) is 4.70. The lowest BCUT2D eigenvalue weighted by Crippen LogP contribution is -2.01. The molecule has 0 amide bonds. The molecule has 2 aromatic carbocycles. The zero-order chi connectivity index (χ0) is 19.7. The number of hydrogen-bond acceptors (Lipinski definition) is 4. The Morgan fingerprint density at radius 3 is 2.41 bits per heavy atom. The van der Waals surface area contributed by atoms with E-state index in [4.69, 9.17) is 9.47 Å². The molecule has 0 radical (unpaired) electrons. The van der Waals surface area contributed by atoms with Gasteiger partial charge in [0, 0.05) is 6.21 Å². The Hall–Kier alpha value is -2.34. The maximum Gasteiger partial charge on any atom is 0.282 e. The van der Waals surface area contributed by atoms with Gasteiger partial charge in [-0.3, -0.25) is 0 Å². The van der Waals surface area contributed by atoms with Crippen LogP contribution in [0.3, 0.4) is 0 Å². The fourth-order valence-electron chi connectivity index (χ4n) is 2.50. The molecular formula is C21H27NO4S. The fourth-order valence-corrected chi connectivity index (χ4v) is 3.36. The van der Waals surface area contributed by atoms with Crippen molar-refractivity contribution >= 4 is 16.2 Å². The van der Waals surface area contributed by atoms with Gasteiger partial charge in [0.2, 0.25) is 0 Å². The van der Waals surface area contributed by atoms with Gasteiger partial charge in [-0.15, -0.1) is 0 Å². The number of benzene rings is 2. The number of unbranched alkanes of at least 4 members (excludes halogenated alkanes) is 3. The van der Waals surface area contributed by atoms with Crippen LogP contribution in [0, 0.1) is 6.92 Å². The van der Waals surface area contributed by atoms with Crippen molar-refractivity contribution < 1.29 is 17.9 Å². The van der Waals surface area contributed by atoms with E-state index < -0.39 is 10.0 Å². The first-order valence-electron chi connectivity index (χ1n) is 9.14. The van der Waals surface area contributed by atoms with Gasteiger partial charge in [-0.25, -0.2) is 0 Å². The minimum absolute atomic E-state index is 0.170. The van der Waals surface area contributed by atoms with Gasteiger partial charge in [-0.05, 0) is 49.2 Å². The van der Waals surface area contributed by atoms with E-state index in [1.807, 2.05) is 6.92 Å². The molecule has 2 rings (SSSR count). The van der Waals surface area contributed by atoms with Crippen LogP contribution in [0.15, 0.2) is 51.8 Å². The highest BCUT2D eigenvalue weighted by molar-refractivity contribution is 7.90. The molecule has 146 valence electrons. The summed E-state index contributed by atoms with van der Waals surface area (Å²) in [6.07, 6.45) is 5.84. The maximum atomic E-state index is 12.3. The van der Waals surface area contributed by atoms with Crippen molar-refractivity contribution in [1.82, 2.24) is 0 Å². The molecule has 0 aliphatic rings. The largest absolute Gasteiger partial charge is 0.493 e. The van der Waals surface area contributed by atoms with E-state index in [2.05, 4.69) is 11.3 Å². The minimum Gasteiger partial charge on any atom is -0.493 e. The molecule has 0 heterocycles. The second-order valence-corrected chi connectivity index (χ2v) is 7.97. The van der Waals surface area contributed by atoms with Crippen molar-refractivity contribution in [3.8, 4) is 11.5 Å². The summed E-state index contributed by atoms with van der Waals surface area (Å²) in [4.78, 5) is 0.170. The van der Waals surface area contributed by atoms with Crippen LogP contribution < -0.4 is 9.47 Å². The van der Waals surface area contributed by atoms with Gasteiger partial charge in [0.05, 0.1) is 18.6 Å². The molecule has 6 heteroatoms. The van der Waals surface area contributed by atoms with Gasteiger partial charge in [0.25, 0.3) is 10.0 Å². The molecule has 0 saturated heterocycles.